The fraction of sp³-hybridized carbons (Fsp3) is 0.750. The Balaban J connectivity index is -0.0000000198. The van der Waals surface area contributed by atoms with Crippen LogP contribution in [-0.4, -0.2) is 33.1 Å². The first kappa shape index (κ1) is 29.5. The van der Waals surface area contributed by atoms with Crippen molar-refractivity contribution in [2.75, 3.05) is 7.11 Å². The Labute approximate surface area is 86.1 Å². The third-order valence-electron chi connectivity index (χ3n) is 0. The van der Waals surface area contributed by atoms with Crippen LogP contribution in [0.25, 0.3) is 0 Å². The molecule has 0 unspecified atom stereocenters. The first-order valence-corrected chi connectivity index (χ1v) is 3.34. The minimum Gasteiger partial charge on any atom is -0.481 e. The molecule has 80 valence electrons. The van der Waals surface area contributed by atoms with Crippen LogP contribution in [0.5, 0.6) is 0 Å². The predicted molar refractivity (Wildman–Crippen MR) is 51.4 cm³/mol. The highest BCUT2D eigenvalue weighted by atomic mass is 35.6. The molecule has 0 saturated carbocycles. The summed E-state index contributed by atoms with van der Waals surface area (Å²) in [6, 6.07) is 0. The van der Waals surface area contributed by atoms with Crippen LogP contribution in [0.3, 0.4) is 0 Å². The van der Waals surface area contributed by atoms with Gasteiger partial charge in [-0.3, -0.25) is 4.79 Å². The molecule has 0 aliphatic heterocycles. The lowest BCUT2D eigenvalue weighted by Gasteiger charge is -1.69. The predicted octanol–water partition coefficient (Wildman–Crippen LogP) is 1.02. The monoisotopic (exact) mass is 245 g/mol. The third-order valence-corrected chi connectivity index (χ3v) is 0. The van der Waals surface area contributed by atoms with Gasteiger partial charge in [0, 0.05) is 14.0 Å². The van der Waals surface area contributed by atoms with Crippen molar-refractivity contribution in [2.24, 2.45) is 0 Å². The molecule has 0 radical (unpaired) electrons. The molecule has 0 aliphatic carbocycles. The van der Waals surface area contributed by atoms with E-state index in [0.717, 1.165) is 14.0 Å². The normalized spacial score (nSPS) is 5.58. The van der Waals surface area contributed by atoms with E-state index < -0.39 is 10.3 Å². The Kier molecular flexibility index (Phi) is 74.5. The Hall–Kier alpha value is 0.220. The molecular formula is C4H14Cl3NO4. The first-order valence-electron chi connectivity index (χ1n) is 2.03. The summed E-state index contributed by atoms with van der Waals surface area (Å²) >= 11 is 14.4. The zero-order valence-corrected chi connectivity index (χ0v) is 8.99. The highest BCUT2D eigenvalue weighted by Crippen LogP contribution is 2.03. The molecule has 0 saturated heterocycles. The number of rotatable bonds is 0. The van der Waals surface area contributed by atoms with Gasteiger partial charge in [-0.15, -0.1) is 0 Å². The maximum Gasteiger partial charge on any atom is 0.300 e. The molecule has 0 amide bonds. The summed E-state index contributed by atoms with van der Waals surface area (Å²) < 4.78 is -0.750. The molecule has 0 fully saturated rings. The van der Waals surface area contributed by atoms with Gasteiger partial charge in [0.2, 0.25) is 0 Å². The fourth-order valence-electron chi connectivity index (χ4n) is 0. The molecule has 0 aromatic rings. The van der Waals surface area contributed by atoms with Crippen LogP contribution in [0.2, 0.25) is 0 Å². The highest BCUT2D eigenvalue weighted by Gasteiger charge is 1.78. The zero-order chi connectivity index (χ0) is 9.15. The molecule has 0 atom stereocenters. The number of alkyl halides is 3. The van der Waals surface area contributed by atoms with Gasteiger partial charge in [0.05, 0.1) is 0 Å². The van der Waals surface area contributed by atoms with Gasteiger partial charge in [-0.1, -0.05) is 34.8 Å². The average molecular weight is 247 g/mol. The lowest BCUT2D eigenvalue weighted by atomic mass is 10.9. The largest absolute Gasteiger partial charge is 0.481 e. The van der Waals surface area contributed by atoms with Crippen molar-refractivity contribution in [3.8, 4) is 0 Å². The van der Waals surface area contributed by atoms with Crippen molar-refractivity contribution in [3.05, 3.63) is 0 Å². The van der Waals surface area contributed by atoms with E-state index in [9.17, 15) is 0 Å². The van der Waals surface area contributed by atoms with Gasteiger partial charge in [0.1, 0.15) is 0 Å². The van der Waals surface area contributed by atoms with E-state index in [2.05, 4.69) is 0 Å². The van der Waals surface area contributed by atoms with Crippen LogP contribution in [0.4, 0.5) is 0 Å². The van der Waals surface area contributed by atoms with E-state index in [4.69, 9.17) is 49.8 Å². The van der Waals surface area contributed by atoms with Gasteiger partial charge < -0.3 is 21.8 Å². The fourth-order valence-corrected chi connectivity index (χ4v) is 0. The molecule has 0 bridgehead atoms. The maximum atomic E-state index is 9.00. The Morgan fingerprint density at radius 3 is 1.25 bits per heavy atom. The van der Waals surface area contributed by atoms with Gasteiger partial charge in [-0.25, -0.2) is 0 Å². The number of carboxylic acids is 1. The second-order valence-corrected chi connectivity index (χ2v) is 2.75. The van der Waals surface area contributed by atoms with Gasteiger partial charge >= 0.3 is 0 Å². The molecule has 5 nitrogen and oxygen atoms in total. The van der Waals surface area contributed by atoms with E-state index in [1.165, 1.54) is 0 Å². The van der Waals surface area contributed by atoms with Gasteiger partial charge in [-0.2, -0.15) is 0 Å². The summed E-state index contributed by atoms with van der Waals surface area (Å²) in [5.74, 6) is -0.833. The molecule has 0 spiro atoms. The lowest BCUT2D eigenvalue weighted by Crippen LogP contribution is -1.78. The number of aliphatic hydroxyl groups is 1. The maximum absolute atomic E-state index is 9.00. The van der Waals surface area contributed by atoms with Crippen LogP contribution in [-0.2, 0) is 4.79 Å². The van der Waals surface area contributed by atoms with Gasteiger partial charge in [0.25, 0.3) is 5.97 Å². The molecule has 0 aliphatic rings. The van der Waals surface area contributed by atoms with E-state index in [-0.39, 0.29) is 11.6 Å². The van der Waals surface area contributed by atoms with Crippen molar-refractivity contribution in [1.29, 1.82) is 0 Å². The van der Waals surface area contributed by atoms with Crippen LogP contribution < -0.4 is 6.15 Å². The van der Waals surface area contributed by atoms with Gasteiger partial charge in [-0.05, 0) is 0 Å². The standard InChI is InChI=1S/C2H4O2.CHCl3.CH4O.H3N.H2O/c1-2(3)4;2-1(3)4;1-2;;/h1H3,(H,3,4);1H;2H,1H3;1H3;1H2. The van der Waals surface area contributed by atoms with E-state index in [1.807, 2.05) is 0 Å². The number of aliphatic carboxylic acids is 1. The molecule has 0 rings (SSSR count). The number of hydrogen-bond donors (Lipinski definition) is 3. The van der Waals surface area contributed by atoms with Crippen molar-refractivity contribution >= 4 is 40.8 Å². The molecule has 7 N–H and O–H groups in total. The molecule has 12 heavy (non-hydrogen) atoms. The number of halogens is 3. The van der Waals surface area contributed by atoms with E-state index in [0.29, 0.717) is 0 Å². The smallest absolute Gasteiger partial charge is 0.300 e. The SMILES string of the molecule is CC(=O)O.CO.ClC(Cl)Cl.N.O. The number of aliphatic hydroxyl groups excluding tert-OH is 1. The molecule has 0 aromatic heterocycles. The van der Waals surface area contributed by atoms with Crippen molar-refractivity contribution in [2.45, 2.75) is 11.2 Å². The van der Waals surface area contributed by atoms with Crippen LogP contribution >= 0.6 is 34.8 Å². The lowest BCUT2D eigenvalue weighted by molar-refractivity contribution is -0.134. The summed E-state index contributed by atoms with van der Waals surface area (Å²) in [6.07, 6.45) is 0. The Morgan fingerprint density at radius 1 is 1.25 bits per heavy atom. The molecule has 0 heterocycles. The topological polar surface area (TPSA) is 124 Å². The van der Waals surface area contributed by atoms with E-state index >= 15 is 0 Å². The molecule has 0 aromatic carbocycles. The summed E-state index contributed by atoms with van der Waals surface area (Å²) in [4.78, 5) is 9.00. The summed E-state index contributed by atoms with van der Waals surface area (Å²) in [6.45, 7) is 1.08. The van der Waals surface area contributed by atoms with Crippen LogP contribution in [0.1, 0.15) is 6.92 Å². The Morgan fingerprint density at radius 2 is 1.25 bits per heavy atom. The zero-order valence-electron chi connectivity index (χ0n) is 6.72. The molecular weight excluding hydrogens is 232 g/mol. The summed E-state index contributed by atoms with van der Waals surface area (Å²) in [7, 11) is 1.00. The highest BCUT2D eigenvalue weighted by molar-refractivity contribution is 6.63. The van der Waals surface area contributed by atoms with Crippen molar-refractivity contribution < 1.29 is 20.5 Å². The van der Waals surface area contributed by atoms with Crippen molar-refractivity contribution in [1.82, 2.24) is 6.15 Å². The average Bonchev–Trinajstić information content (AvgIpc) is 1.66. The molecule has 8 heteroatoms. The van der Waals surface area contributed by atoms with Crippen LogP contribution in [0, 0.1) is 0 Å². The van der Waals surface area contributed by atoms with E-state index in [1.54, 1.807) is 0 Å². The second kappa shape index (κ2) is 30.3. The van der Waals surface area contributed by atoms with Crippen LogP contribution in [0.15, 0.2) is 0 Å². The number of carbonyl (C=O) groups is 1. The summed E-state index contributed by atoms with van der Waals surface area (Å²) in [5.41, 5.74) is 0. The Bertz CT molecular complexity index is 66.6. The van der Waals surface area contributed by atoms with Crippen molar-refractivity contribution in [3.63, 3.8) is 0 Å². The summed E-state index contributed by atoms with van der Waals surface area (Å²) in [5, 5.41) is 14.4. The number of hydrogen-bond acceptors (Lipinski definition) is 3. The number of carboxylic acid groups (broad SMARTS) is 1. The second-order valence-electron chi connectivity index (χ2n) is 0.766. The minimum absolute atomic E-state index is 0. The third kappa shape index (κ3) is 18000. The first-order chi connectivity index (χ1) is 4.46. The minimum atomic E-state index is -0.833. The quantitative estimate of drug-likeness (QED) is 0.552. The van der Waals surface area contributed by atoms with Gasteiger partial charge in [0.15, 0.2) is 4.30 Å².